The molecule has 0 spiro atoms. The van der Waals surface area contributed by atoms with Gasteiger partial charge in [0.1, 0.15) is 5.75 Å². The van der Waals surface area contributed by atoms with E-state index in [0.717, 1.165) is 37.4 Å². The molecule has 2 N–H and O–H groups in total. The molecule has 4 nitrogen and oxygen atoms in total. The largest absolute Gasteiger partial charge is 0.496 e. The van der Waals surface area contributed by atoms with E-state index < -0.39 is 0 Å². The Bertz CT molecular complexity index is 481. The van der Waals surface area contributed by atoms with E-state index in [0.29, 0.717) is 11.5 Å². The highest BCUT2D eigenvalue weighted by molar-refractivity contribution is 5.42. The summed E-state index contributed by atoms with van der Waals surface area (Å²) in [5.74, 6) is 1.43. The Morgan fingerprint density at radius 3 is 2.95 bits per heavy atom. The molecule has 2 unspecified atom stereocenters. The fourth-order valence-corrected chi connectivity index (χ4v) is 2.53. The van der Waals surface area contributed by atoms with Crippen molar-refractivity contribution in [1.82, 2.24) is 4.90 Å². The minimum atomic E-state index is 0.235. The second kappa shape index (κ2) is 6.05. The summed E-state index contributed by atoms with van der Waals surface area (Å²) in [6, 6.07) is 7.96. The predicted molar refractivity (Wildman–Crippen MR) is 74.7 cm³/mol. The van der Waals surface area contributed by atoms with Gasteiger partial charge >= 0.3 is 0 Å². The van der Waals surface area contributed by atoms with E-state index in [2.05, 4.69) is 17.9 Å². The number of hydrogen-bond acceptors (Lipinski definition) is 4. The summed E-state index contributed by atoms with van der Waals surface area (Å²) < 4.78 is 5.37. The van der Waals surface area contributed by atoms with Crippen molar-refractivity contribution in [3.63, 3.8) is 0 Å². The Labute approximate surface area is 114 Å². The molecule has 1 aliphatic rings. The molecule has 0 aliphatic carbocycles. The van der Waals surface area contributed by atoms with Crippen molar-refractivity contribution in [2.45, 2.75) is 25.9 Å². The van der Waals surface area contributed by atoms with Crippen molar-refractivity contribution < 1.29 is 4.74 Å². The van der Waals surface area contributed by atoms with Gasteiger partial charge in [-0.25, -0.2) is 0 Å². The van der Waals surface area contributed by atoms with E-state index in [4.69, 9.17) is 15.7 Å². The van der Waals surface area contributed by atoms with E-state index in [9.17, 15) is 0 Å². The summed E-state index contributed by atoms with van der Waals surface area (Å²) in [4.78, 5) is 2.34. The number of ether oxygens (including phenoxy) is 1. The molecule has 0 aromatic heterocycles. The third-order valence-corrected chi connectivity index (χ3v) is 3.90. The van der Waals surface area contributed by atoms with Gasteiger partial charge in [0.05, 0.1) is 18.7 Å². The van der Waals surface area contributed by atoms with Crippen LogP contribution < -0.4 is 10.5 Å². The van der Waals surface area contributed by atoms with Gasteiger partial charge in [-0.05, 0) is 37.1 Å². The van der Waals surface area contributed by atoms with E-state index in [-0.39, 0.29) is 6.04 Å². The van der Waals surface area contributed by atoms with Crippen LogP contribution in [0.5, 0.6) is 5.75 Å². The van der Waals surface area contributed by atoms with Gasteiger partial charge < -0.3 is 10.5 Å². The van der Waals surface area contributed by atoms with Crippen LogP contribution in [0.2, 0.25) is 0 Å². The number of benzene rings is 1. The number of hydrogen-bond donors (Lipinski definition) is 1. The molecule has 2 rings (SSSR count). The lowest BCUT2D eigenvalue weighted by Gasteiger charge is -2.35. The molecule has 1 saturated heterocycles. The Balaban J connectivity index is 2.12. The molecular formula is C15H21N3O. The summed E-state index contributed by atoms with van der Waals surface area (Å²) in [6.07, 6.45) is 1.13. The fourth-order valence-electron chi connectivity index (χ4n) is 2.53. The first-order chi connectivity index (χ1) is 9.13. The van der Waals surface area contributed by atoms with Crippen LogP contribution in [0, 0.1) is 17.2 Å². The van der Waals surface area contributed by atoms with Crippen LogP contribution in [-0.2, 0) is 6.54 Å². The maximum atomic E-state index is 8.98. The molecule has 102 valence electrons. The first-order valence-corrected chi connectivity index (χ1v) is 6.69. The maximum absolute atomic E-state index is 8.98. The summed E-state index contributed by atoms with van der Waals surface area (Å²) in [7, 11) is 1.66. The van der Waals surface area contributed by atoms with Gasteiger partial charge in [-0.3, -0.25) is 4.90 Å². The van der Waals surface area contributed by atoms with E-state index in [1.165, 1.54) is 0 Å². The highest BCUT2D eigenvalue weighted by atomic mass is 16.5. The summed E-state index contributed by atoms with van der Waals surface area (Å²) >= 11 is 0. The highest BCUT2D eigenvalue weighted by Gasteiger charge is 2.23. The van der Waals surface area contributed by atoms with Crippen LogP contribution in [-0.4, -0.2) is 31.1 Å². The van der Waals surface area contributed by atoms with Crippen LogP contribution >= 0.6 is 0 Å². The van der Waals surface area contributed by atoms with Crippen molar-refractivity contribution in [2.75, 3.05) is 20.2 Å². The van der Waals surface area contributed by atoms with Crippen LogP contribution in [0.1, 0.15) is 24.5 Å². The lowest BCUT2D eigenvalue weighted by atomic mass is 9.94. The molecule has 1 aromatic rings. The summed E-state index contributed by atoms with van der Waals surface area (Å²) in [5.41, 5.74) is 7.85. The number of piperidine rings is 1. The monoisotopic (exact) mass is 259 g/mol. The van der Waals surface area contributed by atoms with Gasteiger partial charge in [0.2, 0.25) is 0 Å². The van der Waals surface area contributed by atoms with Crippen LogP contribution in [0.25, 0.3) is 0 Å². The number of nitrogens with two attached hydrogens (primary N) is 1. The molecule has 0 amide bonds. The Morgan fingerprint density at radius 1 is 1.53 bits per heavy atom. The van der Waals surface area contributed by atoms with Gasteiger partial charge in [-0.2, -0.15) is 5.26 Å². The number of methoxy groups -OCH3 is 1. The van der Waals surface area contributed by atoms with Crippen LogP contribution in [0.15, 0.2) is 18.2 Å². The van der Waals surface area contributed by atoms with Crippen LogP contribution in [0.3, 0.4) is 0 Å². The zero-order valence-electron chi connectivity index (χ0n) is 11.6. The summed E-state index contributed by atoms with van der Waals surface area (Å²) in [6.45, 7) is 4.95. The smallest absolute Gasteiger partial charge is 0.123 e. The van der Waals surface area contributed by atoms with Crippen molar-refractivity contribution in [1.29, 1.82) is 5.26 Å². The van der Waals surface area contributed by atoms with Crippen molar-refractivity contribution >= 4 is 0 Å². The Kier molecular flexibility index (Phi) is 4.41. The molecule has 0 saturated carbocycles. The zero-order chi connectivity index (χ0) is 13.8. The van der Waals surface area contributed by atoms with Gasteiger partial charge in [0.15, 0.2) is 0 Å². The van der Waals surface area contributed by atoms with Gasteiger partial charge in [-0.15, -0.1) is 0 Å². The van der Waals surface area contributed by atoms with Crippen molar-refractivity contribution in [3.05, 3.63) is 29.3 Å². The Hall–Kier alpha value is -1.57. The third kappa shape index (κ3) is 3.25. The molecule has 2 atom stereocenters. The number of nitrogens with zero attached hydrogens (tertiary/aromatic N) is 2. The first kappa shape index (κ1) is 13.9. The minimum absolute atomic E-state index is 0.235. The highest BCUT2D eigenvalue weighted by Crippen LogP contribution is 2.24. The van der Waals surface area contributed by atoms with Crippen LogP contribution in [0.4, 0.5) is 0 Å². The topological polar surface area (TPSA) is 62.3 Å². The maximum Gasteiger partial charge on any atom is 0.123 e. The molecule has 19 heavy (non-hydrogen) atoms. The lowest BCUT2D eigenvalue weighted by molar-refractivity contribution is 0.161. The minimum Gasteiger partial charge on any atom is -0.496 e. The Morgan fingerprint density at radius 2 is 2.32 bits per heavy atom. The first-order valence-electron chi connectivity index (χ1n) is 6.69. The number of rotatable bonds is 3. The van der Waals surface area contributed by atoms with Gasteiger partial charge in [-0.1, -0.05) is 6.92 Å². The molecule has 0 radical (unpaired) electrons. The molecule has 4 heteroatoms. The normalized spacial score (nSPS) is 23.9. The third-order valence-electron chi connectivity index (χ3n) is 3.90. The van der Waals surface area contributed by atoms with Crippen molar-refractivity contribution in [3.8, 4) is 11.8 Å². The molecule has 1 aromatic carbocycles. The van der Waals surface area contributed by atoms with E-state index >= 15 is 0 Å². The average molecular weight is 259 g/mol. The number of likely N-dealkylation sites (tertiary alicyclic amines) is 1. The second-order valence-corrected chi connectivity index (χ2v) is 5.30. The standard InChI is InChI=1S/C15H21N3O/c1-11-5-6-18(10-14(11)17)9-13-7-12(8-16)3-4-15(13)19-2/h3-4,7,11,14H,5-6,9-10,17H2,1-2H3. The molecule has 1 aliphatic heterocycles. The lowest BCUT2D eigenvalue weighted by Crippen LogP contribution is -2.47. The fraction of sp³-hybridized carbons (Fsp3) is 0.533. The zero-order valence-corrected chi connectivity index (χ0v) is 11.6. The molecule has 1 fully saturated rings. The van der Waals surface area contributed by atoms with E-state index in [1.54, 1.807) is 13.2 Å². The number of nitriles is 1. The van der Waals surface area contributed by atoms with Crippen molar-refractivity contribution in [2.24, 2.45) is 11.7 Å². The molecule has 1 heterocycles. The summed E-state index contributed by atoms with van der Waals surface area (Å²) in [5, 5.41) is 8.98. The van der Waals surface area contributed by atoms with Gasteiger partial charge in [0, 0.05) is 24.7 Å². The molecular weight excluding hydrogens is 238 g/mol. The SMILES string of the molecule is COc1ccc(C#N)cc1CN1CCC(C)C(N)C1. The average Bonchev–Trinajstić information content (AvgIpc) is 2.43. The molecule has 0 bridgehead atoms. The van der Waals surface area contributed by atoms with Gasteiger partial charge in [0.25, 0.3) is 0 Å². The second-order valence-electron chi connectivity index (χ2n) is 5.30. The quantitative estimate of drug-likeness (QED) is 0.898. The van der Waals surface area contributed by atoms with E-state index in [1.807, 2.05) is 12.1 Å². The predicted octanol–water partition coefficient (Wildman–Crippen LogP) is 1.74.